The van der Waals surface area contributed by atoms with Gasteiger partial charge in [0, 0.05) is 25.4 Å². The van der Waals surface area contributed by atoms with Crippen LogP contribution in [0.5, 0.6) is 5.75 Å². The predicted octanol–water partition coefficient (Wildman–Crippen LogP) is 6.41. The van der Waals surface area contributed by atoms with Gasteiger partial charge in [-0.2, -0.15) is 0 Å². The summed E-state index contributed by atoms with van der Waals surface area (Å²) in [6.07, 6.45) is 3.91. The number of aromatic nitrogens is 2. The maximum absolute atomic E-state index is 12.9. The van der Waals surface area contributed by atoms with E-state index in [1.165, 1.54) is 0 Å². The van der Waals surface area contributed by atoms with E-state index in [-0.39, 0.29) is 11.8 Å². The van der Waals surface area contributed by atoms with Crippen LogP contribution >= 0.6 is 11.6 Å². The average molecular weight is 486 g/mol. The van der Waals surface area contributed by atoms with Crippen molar-refractivity contribution in [2.75, 3.05) is 18.1 Å². The number of fused-ring (bicyclic) bond motifs is 1. The van der Waals surface area contributed by atoms with Gasteiger partial charge in [0.15, 0.2) is 0 Å². The van der Waals surface area contributed by atoms with Crippen LogP contribution in [0.25, 0.3) is 11.0 Å². The van der Waals surface area contributed by atoms with Crippen molar-refractivity contribution >= 4 is 34.2 Å². The molecule has 1 aliphatic rings. The third kappa shape index (κ3) is 4.82. The standard InChI is InChI=1S/C29H28ClN3O2/c1-2-10-21-11-3-8-16-27(21)35-18-9-17-32-26-15-7-5-13-24(26)31-29(32)22-19-28(34)33(20-22)25-14-6-4-12-23(25)30/h2-8,11-16,22H,1,9-10,17-20H2. The van der Waals surface area contributed by atoms with Crippen LogP contribution in [0.4, 0.5) is 5.69 Å². The van der Waals surface area contributed by atoms with Gasteiger partial charge in [-0.15, -0.1) is 6.58 Å². The van der Waals surface area contributed by atoms with Gasteiger partial charge in [-0.25, -0.2) is 4.98 Å². The largest absolute Gasteiger partial charge is 0.493 e. The molecule has 1 amide bonds. The van der Waals surface area contributed by atoms with E-state index in [2.05, 4.69) is 23.3 Å². The molecule has 178 valence electrons. The van der Waals surface area contributed by atoms with Crippen LogP contribution in [0.1, 0.15) is 30.1 Å². The van der Waals surface area contributed by atoms with Crippen LogP contribution in [0.3, 0.4) is 0 Å². The lowest BCUT2D eigenvalue weighted by molar-refractivity contribution is -0.117. The number of allylic oxidation sites excluding steroid dienone is 1. The molecule has 1 aliphatic heterocycles. The number of hydrogen-bond acceptors (Lipinski definition) is 3. The summed E-state index contributed by atoms with van der Waals surface area (Å²) in [5.74, 6) is 1.92. The van der Waals surface area contributed by atoms with E-state index in [9.17, 15) is 4.79 Å². The lowest BCUT2D eigenvalue weighted by Gasteiger charge is -2.18. The van der Waals surface area contributed by atoms with Crippen molar-refractivity contribution in [1.82, 2.24) is 9.55 Å². The second-order valence-corrected chi connectivity index (χ2v) is 9.18. The summed E-state index contributed by atoms with van der Waals surface area (Å²) >= 11 is 6.39. The highest BCUT2D eigenvalue weighted by atomic mass is 35.5. The second-order valence-electron chi connectivity index (χ2n) is 8.77. The summed E-state index contributed by atoms with van der Waals surface area (Å²) in [5.41, 5.74) is 3.93. The molecule has 35 heavy (non-hydrogen) atoms. The van der Waals surface area contributed by atoms with Gasteiger partial charge in [-0.3, -0.25) is 4.79 Å². The molecule has 1 unspecified atom stereocenters. The Balaban J connectivity index is 1.34. The minimum Gasteiger partial charge on any atom is -0.493 e. The number of benzene rings is 3. The van der Waals surface area contributed by atoms with Gasteiger partial charge in [-0.1, -0.05) is 60.1 Å². The fourth-order valence-electron chi connectivity index (χ4n) is 4.80. The number of ether oxygens (including phenoxy) is 1. The van der Waals surface area contributed by atoms with E-state index >= 15 is 0 Å². The Morgan fingerprint density at radius 2 is 1.83 bits per heavy atom. The summed E-state index contributed by atoms with van der Waals surface area (Å²) in [4.78, 5) is 19.7. The number of hydrogen-bond donors (Lipinski definition) is 0. The Labute approximate surface area is 210 Å². The highest BCUT2D eigenvalue weighted by molar-refractivity contribution is 6.33. The number of carbonyl (C=O) groups is 1. The number of anilines is 1. The molecule has 0 N–H and O–H groups in total. The van der Waals surface area contributed by atoms with Crippen LogP contribution in [-0.2, 0) is 17.8 Å². The van der Waals surface area contributed by atoms with Crippen molar-refractivity contribution in [2.45, 2.75) is 31.7 Å². The Kier molecular flexibility index (Phi) is 6.87. The fraction of sp³-hybridized carbons (Fsp3) is 0.241. The topological polar surface area (TPSA) is 47.4 Å². The third-order valence-electron chi connectivity index (χ3n) is 6.44. The normalized spacial score (nSPS) is 15.6. The minimum absolute atomic E-state index is 0.000378. The number of aryl methyl sites for hydroxylation is 1. The van der Waals surface area contributed by atoms with E-state index in [0.717, 1.165) is 53.2 Å². The van der Waals surface area contributed by atoms with Crippen LogP contribution < -0.4 is 9.64 Å². The van der Waals surface area contributed by atoms with E-state index in [1.54, 1.807) is 4.90 Å². The van der Waals surface area contributed by atoms with Crippen LogP contribution in [0, 0.1) is 0 Å². The van der Waals surface area contributed by atoms with Gasteiger partial charge >= 0.3 is 0 Å². The van der Waals surface area contributed by atoms with Gasteiger partial charge in [0.2, 0.25) is 5.91 Å². The molecule has 5 nitrogen and oxygen atoms in total. The first-order chi connectivity index (χ1) is 17.2. The number of nitrogens with zero attached hydrogens (tertiary/aromatic N) is 3. The molecule has 0 radical (unpaired) electrons. The second kappa shape index (κ2) is 10.4. The van der Waals surface area contributed by atoms with Crippen molar-refractivity contribution in [1.29, 1.82) is 0 Å². The van der Waals surface area contributed by atoms with Crippen molar-refractivity contribution in [3.8, 4) is 5.75 Å². The van der Waals surface area contributed by atoms with Gasteiger partial charge in [0.1, 0.15) is 11.6 Å². The summed E-state index contributed by atoms with van der Waals surface area (Å²) in [5, 5.41) is 0.587. The molecule has 4 aromatic rings. The monoisotopic (exact) mass is 485 g/mol. The first kappa shape index (κ1) is 23.2. The molecular formula is C29H28ClN3O2. The zero-order chi connectivity index (χ0) is 24.2. The molecule has 0 bridgehead atoms. The predicted molar refractivity (Wildman–Crippen MR) is 141 cm³/mol. The van der Waals surface area contributed by atoms with E-state index in [1.807, 2.05) is 66.7 Å². The average Bonchev–Trinajstić information content (AvgIpc) is 3.43. The van der Waals surface area contributed by atoms with Crippen molar-refractivity contribution in [3.63, 3.8) is 0 Å². The summed E-state index contributed by atoms with van der Waals surface area (Å²) in [6.45, 7) is 5.76. The molecule has 2 heterocycles. The van der Waals surface area contributed by atoms with Crippen molar-refractivity contribution < 1.29 is 9.53 Å². The van der Waals surface area contributed by atoms with Crippen molar-refractivity contribution in [3.05, 3.63) is 102 Å². The van der Waals surface area contributed by atoms with Gasteiger partial charge < -0.3 is 14.2 Å². The van der Waals surface area contributed by atoms with Crippen LogP contribution in [0.15, 0.2) is 85.5 Å². The number of imidazole rings is 1. The van der Waals surface area contributed by atoms with Gasteiger partial charge in [0.05, 0.1) is 28.4 Å². The molecule has 6 heteroatoms. The van der Waals surface area contributed by atoms with Gasteiger partial charge in [-0.05, 0) is 48.7 Å². The van der Waals surface area contributed by atoms with Crippen LogP contribution in [-0.4, -0.2) is 28.6 Å². The number of halogens is 1. The number of carbonyl (C=O) groups excluding carboxylic acids is 1. The zero-order valence-corrected chi connectivity index (χ0v) is 20.3. The smallest absolute Gasteiger partial charge is 0.227 e. The molecular weight excluding hydrogens is 458 g/mol. The fourth-order valence-corrected chi connectivity index (χ4v) is 5.04. The molecule has 1 fully saturated rings. The Bertz CT molecular complexity index is 1360. The van der Waals surface area contributed by atoms with E-state index in [0.29, 0.717) is 24.6 Å². The maximum Gasteiger partial charge on any atom is 0.227 e. The lowest BCUT2D eigenvalue weighted by atomic mass is 10.1. The molecule has 0 saturated carbocycles. The molecule has 1 saturated heterocycles. The molecule has 5 rings (SSSR count). The quantitative estimate of drug-likeness (QED) is 0.203. The van der Waals surface area contributed by atoms with Crippen LogP contribution in [0.2, 0.25) is 5.02 Å². The summed E-state index contributed by atoms with van der Waals surface area (Å²) in [7, 11) is 0. The zero-order valence-electron chi connectivity index (χ0n) is 19.6. The molecule has 1 aromatic heterocycles. The highest BCUT2D eigenvalue weighted by Gasteiger charge is 2.35. The Morgan fingerprint density at radius 1 is 1.06 bits per heavy atom. The molecule has 1 atom stereocenters. The Hall–Kier alpha value is -3.57. The summed E-state index contributed by atoms with van der Waals surface area (Å²) < 4.78 is 8.36. The lowest BCUT2D eigenvalue weighted by Crippen LogP contribution is -2.24. The molecule has 0 spiro atoms. The number of para-hydroxylation sites is 4. The first-order valence-corrected chi connectivity index (χ1v) is 12.3. The molecule has 0 aliphatic carbocycles. The Morgan fingerprint density at radius 3 is 2.69 bits per heavy atom. The maximum atomic E-state index is 12.9. The van der Waals surface area contributed by atoms with Gasteiger partial charge in [0.25, 0.3) is 0 Å². The first-order valence-electron chi connectivity index (χ1n) is 12.0. The van der Waals surface area contributed by atoms with E-state index < -0.39 is 0 Å². The molecule has 3 aromatic carbocycles. The van der Waals surface area contributed by atoms with E-state index in [4.69, 9.17) is 21.3 Å². The summed E-state index contributed by atoms with van der Waals surface area (Å²) in [6, 6.07) is 23.7. The van der Waals surface area contributed by atoms with Crippen molar-refractivity contribution in [2.24, 2.45) is 0 Å². The highest BCUT2D eigenvalue weighted by Crippen LogP contribution is 2.36. The SMILES string of the molecule is C=CCc1ccccc1OCCCn1c(C2CC(=O)N(c3ccccc3Cl)C2)nc2ccccc21. The minimum atomic E-state index is 0.000378. The number of rotatable bonds is 9. The number of amides is 1. The third-order valence-corrected chi connectivity index (χ3v) is 6.76.